The highest BCUT2D eigenvalue weighted by atomic mass is 32.2. The minimum absolute atomic E-state index is 0.0231. The second-order valence-electron chi connectivity index (χ2n) is 8.38. The van der Waals surface area contributed by atoms with Crippen molar-refractivity contribution < 1.29 is 32.3 Å². The Labute approximate surface area is 193 Å². The molecule has 0 bridgehead atoms. The standard InChI is InChI=1S/C21H30N4O7S/c1-14(2)22-19(26)13-32-18-11-16(33(29,30)23-7-9-31-10-8-23)5-6-17(18)24-12-20(27)25(15(3)4)21(24)28/h5-6,11,14-15H,7-10,12-13H2,1-4H3,(H,22,26). The van der Waals surface area contributed by atoms with E-state index in [0.717, 1.165) is 4.90 Å². The number of imide groups is 1. The summed E-state index contributed by atoms with van der Waals surface area (Å²) in [5.74, 6) is -0.747. The summed E-state index contributed by atoms with van der Waals surface area (Å²) in [6.45, 7) is 7.50. The molecule has 12 heteroatoms. The molecule has 0 aromatic heterocycles. The molecule has 11 nitrogen and oxygen atoms in total. The lowest BCUT2D eigenvalue weighted by Crippen LogP contribution is -2.40. The van der Waals surface area contributed by atoms with Crippen molar-refractivity contribution in [2.45, 2.75) is 44.7 Å². The Bertz CT molecular complexity index is 1020. The number of hydrogen-bond donors (Lipinski definition) is 1. The maximum atomic E-state index is 13.1. The van der Waals surface area contributed by atoms with Crippen molar-refractivity contribution in [2.75, 3.05) is 44.4 Å². The van der Waals surface area contributed by atoms with Gasteiger partial charge in [0.05, 0.1) is 23.8 Å². The van der Waals surface area contributed by atoms with Crippen molar-refractivity contribution >= 4 is 33.6 Å². The molecule has 2 fully saturated rings. The minimum Gasteiger partial charge on any atom is -0.482 e. The summed E-state index contributed by atoms with van der Waals surface area (Å²) in [7, 11) is -3.84. The zero-order chi connectivity index (χ0) is 24.3. The number of morpholine rings is 1. The highest BCUT2D eigenvalue weighted by Gasteiger charge is 2.40. The van der Waals surface area contributed by atoms with E-state index in [9.17, 15) is 22.8 Å². The smallest absolute Gasteiger partial charge is 0.332 e. The first-order valence-electron chi connectivity index (χ1n) is 10.8. The number of amides is 4. The fraction of sp³-hybridized carbons (Fsp3) is 0.571. The molecule has 3 rings (SSSR count). The molecule has 0 aliphatic carbocycles. The molecule has 4 amide bonds. The first-order valence-corrected chi connectivity index (χ1v) is 12.2. The number of carbonyl (C=O) groups is 3. The average Bonchev–Trinajstić information content (AvgIpc) is 3.06. The van der Waals surface area contributed by atoms with Gasteiger partial charge in [-0.2, -0.15) is 4.31 Å². The van der Waals surface area contributed by atoms with E-state index in [0.29, 0.717) is 13.2 Å². The van der Waals surface area contributed by atoms with E-state index in [-0.39, 0.29) is 60.6 Å². The Kier molecular flexibility index (Phi) is 7.60. The monoisotopic (exact) mass is 482 g/mol. The maximum absolute atomic E-state index is 13.1. The fourth-order valence-electron chi connectivity index (χ4n) is 3.65. The Morgan fingerprint density at radius 1 is 1.15 bits per heavy atom. The molecule has 0 saturated carbocycles. The molecule has 1 N–H and O–H groups in total. The highest BCUT2D eigenvalue weighted by Crippen LogP contribution is 2.35. The average molecular weight is 483 g/mol. The molecule has 0 atom stereocenters. The van der Waals surface area contributed by atoms with Crippen LogP contribution in [0.5, 0.6) is 5.75 Å². The third-order valence-electron chi connectivity index (χ3n) is 5.15. The number of rotatable bonds is 8. The number of nitrogens with zero attached hydrogens (tertiary/aromatic N) is 3. The Morgan fingerprint density at radius 2 is 1.82 bits per heavy atom. The van der Waals surface area contributed by atoms with Gasteiger partial charge in [0.1, 0.15) is 12.3 Å². The number of urea groups is 1. The SMILES string of the molecule is CC(C)NC(=O)COc1cc(S(=O)(=O)N2CCOCC2)ccc1N1CC(=O)N(C(C)C)C1=O. The van der Waals surface area contributed by atoms with Gasteiger partial charge in [-0.05, 0) is 39.8 Å². The molecular formula is C21H30N4O7S. The molecule has 2 aliphatic rings. The zero-order valence-electron chi connectivity index (χ0n) is 19.2. The van der Waals surface area contributed by atoms with Crippen LogP contribution in [-0.4, -0.2) is 87.0 Å². The van der Waals surface area contributed by atoms with Gasteiger partial charge in [0.15, 0.2) is 6.61 Å². The number of anilines is 1. The first-order chi connectivity index (χ1) is 15.5. The summed E-state index contributed by atoms with van der Waals surface area (Å²) < 4.78 is 38.4. The largest absolute Gasteiger partial charge is 0.482 e. The lowest BCUT2D eigenvalue weighted by atomic mass is 10.2. The van der Waals surface area contributed by atoms with E-state index >= 15 is 0 Å². The van der Waals surface area contributed by atoms with Crippen molar-refractivity contribution in [1.82, 2.24) is 14.5 Å². The number of carbonyl (C=O) groups excluding carboxylic acids is 3. The van der Waals surface area contributed by atoms with Crippen molar-refractivity contribution in [2.24, 2.45) is 0 Å². The summed E-state index contributed by atoms with van der Waals surface area (Å²) in [4.78, 5) is 39.7. The van der Waals surface area contributed by atoms with Crippen LogP contribution >= 0.6 is 0 Å². The third kappa shape index (κ3) is 5.45. The number of hydrogen-bond acceptors (Lipinski definition) is 7. The molecule has 182 valence electrons. The quantitative estimate of drug-likeness (QED) is 0.543. The molecule has 0 radical (unpaired) electrons. The maximum Gasteiger partial charge on any atom is 0.332 e. The van der Waals surface area contributed by atoms with Crippen molar-refractivity contribution in [1.29, 1.82) is 0 Å². The first kappa shape index (κ1) is 24.9. The second-order valence-corrected chi connectivity index (χ2v) is 10.3. The van der Waals surface area contributed by atoms with Crippen molar-refractivity contribution in [3.05, 3.63) is 18.2 Å². The van der Waals surface area contributed by atoms with Crippen LogP contribution in [0.15, 0.2) is 23.1 Å². The van der Waals surface area contributed by atoms with Crippen LogP contribution in [0.2, 0.25) is 0 Å². The van der Waals surface area contributed by atoms with E-state index in [2.05, 4.69) is 5.32 Å². The van der Waals surface area contributed by atoms with Gasteiger partial charge in [0.25, 0.3) is 11.8 Å². The predicted molar refractivity (Wildman–Crippen MR) is 120 cm³/mol. The summed E-state index contributed by atoms with van der Waals surface area (Å²) >= 11 is 0. The van der Waals surface area contributed by atoms with Gasteiger partial charge in [0, 0.05) is 31.2 Å². The van der Waals surface area contributed by atoms with Gasteiger partial charge in [-0.25, -0.2) is 13.2 Å². The highest BCUT2D eigenvalue weighted by molar-refractivity contribution is 7.89. The molecule has 2 saturated heterocycles. The van der Waals surface area contributed by atoms with Crippen molar-refractivity contribution in [3.63, 3.8) is 0 Å². The van der Waals surface area contributed by atoms with Crippen LogP contribution in [0.1, 0.15) is 27.7 Å². The van der Waals surface area contributed by atoms with Gasteiger partial charge in [0.2, 0.25) is 10.0 Å². The lowest BCUT2D eigenvalue weighted by molar-refractivity contribution is -0.126. The molecule has 1 aromatic carbocycles. The fourth-order valence-corrected chi connectivity index (χ4v) is 5.07. The normalized spacial score (nSPS) is 17.9. The van der Waals surface area contributed by atoms with E-state index < -0.39 is 22.0 Å². The summed E-state index contributed by atoms with van der Waals surface area (Å²) in [5, 5.41) is 2.69. The Balaban J connectivity index is 1.96. The zero-order valence-corrected chi connectivity index (χ0v) is 20.1. The van der Waals surface area contributed by atoms with Gasteiger partial charge in [-0.3, -0.25) is 19.4 Å². The molecule has 1 aromatic rings. The molecule has 0 spiro atoms. The minimum atomic E-state index is -3.84. The summed E-state index contributed by atoms with van der Waals surface area (Å²) in [6, 6.07) is 3.12. The van der Waals surface area contributed by atoms with E-state index in [1.807, 2.05) is 0 Å². The number of nitrogens with one attached hydrogen (secondary N) is 1. The Hall–Kier alpha value is -2.70. The summed E-state index contributed by atoms with van der Waals surface area (Å²) in [6.07, 6.45) is 0. The lowest BCUT2D eigenvalue weighted by Gasteiger charge is -2.27. The third-order valence-corrected chi connectivity index (χ3v) is 7.05. The van der Waals surface area contributed by atoms with Gasteiger partial charge in [-0.15, -0.1) is 0 Å². The van der Waals surface area contributed by atoms with E-state index in [1.165, 1.54) is 27.4 Å². The van der Waals surface area contributed by atoms with Crippen LogP contribution in [0, 0.1) is 0 Å². The van der Waals surface area contributed by atoms with Gasteiger partial charge < -0.3 is 14.8 Å². The molecule has 2 heterocycles. The molecule has 0 unspecified atom stereocenters. The van der Waals surface area contributed by atoms with Crippen molar-refractivity contribution in [3.8, 4) is 5.75 Å². The van der Waals surface area contributed by atoms with E-state index in [4.69, 9.17) is 9.47 Å². The van der Waals surface area contributed by atoms with Crippen LogP contribution in [0.4, 0.5) is 10.5 Å². The van der Waals surface area contributed by atoms with Crippen LogP contribution in [0.3, 0.4) is 0 Å². The molecule has 2 aliphatic heterocycles. The predicted octanol–water partition coefficient (Wildman–Crippen LogP) is 0.788. The molecule has 33 heavy (non-hydrogen) atoms. The number of benzene rings is 1. The van der Waals surface area contributed by atoms with Gasteiger partial charge >= 0.3 is 6.03 Å². The number of ether oxygens (including phenoxy) is 2. The topological polar surface area (TPSA) is 126 Å². The number of sulfonamides is 1. The van der Waals surface area contributed by atoms with Crippen LogP contribution < -0.4 is 15.0 Å². The Morgan fingerprint density at radius 3 is 2.39 bits per heavy atom. The second kappa shape index (κ2) is 10.1. The molecular weight excluding hydrogens is 452 g/mol. The van der Waals surface area contributed by atoms with Crippen LogP contribution in [-0.2, 0) is 24.3 Å². The van der Waals surface area contributed by atoms with Gasteiger partial charge in [-0.1, -0.05) is 0 Å². The van der Waals surface area contributed by atoms with Crippen LogP contribution in [0.25, 0.3) is 0 Å². The summed E-state index contributed by atoms with van der Waals surface area (Å²) in [5.41, 5.74) is 0.217. The van der Waals surface area contributed by atoms with E-state index in [1.54, 1.807) is 27.7 Å².